The number of hydrogen-bond acceptors (Lipinski definition) is 6. The Morgan fingerprint density at radius 1 is 1.11 bits per heavy atom. The molecule has 6 heteroatoms. The molecule has 0 unspecified atom stereocenters. The summed E-state index contributed by atoms with van der Waals surface area (Å²) < 4.78 is 14.9. The topological polar surface area (TPSA) is 65.1 Å². The first-order valence-corrected chi connectivity index (χ1v) is 6.06. The number of carbonyl (C=O) groups excluding carboxylic acids is 2. The van der Waals surface area contributed by atoms with Crippen molar-refractivity contribution in [2.75, 3.05) is 39.5 Å². The van der Waals surface area contributed by atoms with E-state index < -0.39 is 11.9 Å². The second-order valence-corrected chi connectivity index (χ2v) is 3.63. The predicted molar refractivity (Wildman–Crippen MR) is 63.7 cm³/mol. The van der Waals surface area contributed by atoms with Gasteiger partial charge in [0, 0.05) is 19.3 Å². The van der Waals surface area contributed by atoms with Crippen LogP contribution in [-0.2, 0) is 23.8 Å². The Bertz CT molecular complexity index is 300. The Morgan fingerprint density at radius 2 is 1.61 bits per heavy atom. The van der Waals surface area contributed by atoms with Crippen molar-refractivity contribution in [1.82, 2.24) is 4.90 Å². The van der Waals surface area contributed by atoms with Gasteiger partial charge in [-0.3, -0.25) is 0 Å². The molecular weight excluding hydrogens is 238 g/mol. The summed E-state index contributed by atoms with van der Waals surface area (Å²) in [5.41, 5.74) is -0.0689. The fraction of sp³-hybridized carbons (Fsp3) is 0.667. The lowest BCUT2D eigenvalue weighted by Gasteiger charge is -2.25. The van der Waals surface area contributed by atoms with Crippen LogP contribution in [0.25, 0.3) is 0 Å². The van der Waals surface area contributed by atoms with Crippen LogP contribution in [0.2, 0.25) is 0 Å². The van der Waals surface area contributed by atoms with Gasteiger partial charge in [0.15, 0.2) is 5.57 Å². The van der Waals surface area contributed by atoms with Gasteiger partial charge in [0.1, 0.15) is 0 Å². The summed E-state index contributed by atoms with van der Waals surface area (Å²) in [6.45, 7) is 6.26. The molecule has 1 aliphatic rings. The van der Waals surface area contributed by atoms with E-state index in [0.29, 0.717) is 26.3 Å². The second-order valence-electron chi connectivity index (χ2n) is 3.63. The van der Waals surface area contributed by atoms with Gasteiger partial charge in [-0.25, -0.2) is 9.59 Å². The number of hydrogen-bond donors (Lipinski definition) is 0. The first-order chi connectivity index (χ1) is 8.69. The van der Waals surface area contributed by atoms with Crippen molar-refractivity contribution >= 4 is 11.9 Å². The van der Waals surface area contributed by atoms with Gasteiger partial charge >= 0.3 is 11.9 Å². The van der Waals surface area contributed by atoms with Crippen LogP contribution >= 0.6 is 0 Å². The highest BCUT2D eigenvalue weighted by molar-refractivity contribution is 6.13. The zero-order valence-corrected chi connectivity index (χ0v) is 10.8. The van der Waals surface area contributed by atoms with Crippen molar-refractivity contribution in [3.63, 3.8) is 0 Å². The summed E-state index contributed by atoms with van der Waals surface area (Å²) in [6.07, 6.45) is 1.50. The van der Waals surface area contributed by atoms with E-state index in [1.165, 1.54) is 6.20 Å². The molecule has 0 spiro atoms. The van der Waals surface area contributed by atoms with Crippen LogP contribution in [-0.4, -0.2) is 56.4 Å². The van der Waals surface area contributed by atoms with E-state index >= 15 is 0 Å². The van der Waals surface area contributed by atoms with Crippen LogP contribution in [0.1, 0.15) is 13.8 Å². The third kappa shape index (κ3) is 4.37. The Hall–Kier alpha value is -1.56. The lowest BCUT2D eigenvalue weighted by Crippen LogP contribution is -2.34. The Labute approximate surface area is 106 Å². The highest BCUT2D eigenvalue weighted by Crippen LogP contribution is 2.07. The molecule has 0 amide bonds. The molecule has 0 saturated carbocycles. The van der Waals surface area contributed by atoms with E-state index in [-0.39, 0.29) is 18.8 Å². The molecule has 6 nitrogen and oxygen atoms in total. The Kier molecular flexibility index (Phi) is 6.21. The predicted octanol–water partition coefficient (Wildman–Crippen LogP) is 0.329. The van der Waals surface area contributed by atoms with Gasteiger partial charge in [-0.2, -0.15) is 0 Å². The molecule has 0 radical (unpaired) electrons. The van der Waals surface area contributed by atoms with E-state index in [2.05, 4.69) is 0 Å². The van der Waals surface area contributed by atoms with Crippen molar-refractivity contribution in [1.29, 1.82) is 0 Å². The van der Waals surface area contributed by atoms with E-state index in [9.17, 15) is 9.59 Å². The molecule has 1 fully saturated rings. The molecule has 102 valence electrons. The first kappa shape index (κ1) is 14.5. The summed E-state index contributed by atoms with van der Waals surface area (Å²) >= 11 is 0. The summed E-state index contributed by atoms with van der Waals surface area (Å²) in [5, 5.41) is 0. The lowest BCUT2D eigenvalue weighted by atomic mass is 10.2. The largest absolute Gasteiger partial charge is 0.462 e. The molecule has 18 heavy (non-hydrogen) atoms. The second kappa shape index (κ2) is 7.71. The highest BCUT2D eigenvalue weighted by Gasteiger charge is 2.22. The van der Waals surface area contributed by atoms with Gasteiger partial charge in [0.05, 0.1) is 26.4 Å². The monoisotopic (exact) mass is 257 g/mol. The normalized spacial score (nSPS) is 14.9. The molecule has 0 aromatic carbocycles. The smallest absolute Gasteiger partial charge is 0.347 e. The molecule has 0 bridgehead atoms. The summed E-state index contributed by atoms with van der Waals surface area (Å²) in [6, 6.07) is 0. The van der Waals surface area contributed by atoms with Crippen molar-refractivity contribution in [2.45, 2.75) is 13.8 Å². The zero-order chi connectivity index (χ0) is 13.4. The van der Waals surface area contributed by atoms with Gasteiger partial charge in [-0.15, -0.1) is 0 Å². The fourth-order valence-electron chi connectivity index (χ4n) is 1.50. The molecule has 1 heterocycles. The Balaban J connectivity index is 2.77. The average Bonchev–Trinajstić information content (AvgIpc) is 2.37. The van der Waals surface area contributed by atoms with E-state index in [1.54, 1.807) is 13.8 Å². The van der Waals surface area contributed by atoms with Crippen LogP contribution in [0.4, 0.5) is 0 Å². The van der Waals surface area contributed by atoms with Gasteiger partial charge < -0.3 is 19.1 Å². The molecule has 0 aromatic rings. The molecule has 1 aliphatic heterocycles. The van der Waals surface area contributed by atoms with Crippen molar-refractivity contribution < 1.29 is 23.8 Å². The third-order valence-electron chi connectivity index (χ3n) is 2.35. The number of esters is 2. The van der Waals surface area contributed by atoms with Crippen LogP contribution < -0.4 is 0 Å². The summed E-state index contributed by atoms with van der Waals surface area (Å²) in [4.78, 5) is 25.2. The van der Waals surface area contributed by atoms with E-state index in [1.807, 2.05) is 4.90 Å². The molecule has 0 aliphatic carbocycles. The Morgan fingerprint density at radius 3 is 2.06 bits per heavy atom. The van der Waals surface area contributed by atoms with Crippen LogP contribution in [0.3, 0.4) is 0 Å². The maximum absolute atomic E-state index is 11.7. The molecule has 0 N–H and O–H groups in total. The zero-order valence-electron chi connectivity index (χ0n) is 10.8. The maximum Gasteiger partial charge on any atom is 0.347 e. The minimum Gasteiger partial charge on any atom is -0.462 e. The van der Waals surface area contributed by atoms with Crippen LogP contribution in [0.15, 0.2) is 11.8 Å². The third-order valence-corrected chi connectivity index (χ3v) is 2.35. The molecule has 0 aromatic heterocycles. The molecule has 1 saturated heterocycles. The van der Waals surface area contributed by atoms with Gasteiger partial charge in [0.2, 0.25) is 0 Å². The number of ether oxygens (including phenoxy) is 3. The standard InChI is InChI=1S/C12H19NO5/c1-3-17-11(14)10(12(15)18-4-2)9-13-5-7-16-8-6-13/h9H,3-8H2,1-2H3. The van der Waals surface area contributed by atoms with E-state index in [4.69, 9.17) is 14.2 Å². The number of nitrogens with zero attached hydrogens (tertiary/aromatic N) is 1. The average molecular weight is 257 g/mol. The molecule has 0 atom stereocenters. The van der Waals surface area contributed by atoms with Crippen molar-refractivity contribution in [3.8, 4) is 0 Å². The van der Waals surface area contributed by atoms with Gasteiger partial charge in [-0.1, -0.05) is 0 Å². The molecule has 1 rings (SSSR count). The van der Waals surface area contributed by atoms with Crippen LogP contribution in [0.5, 0.6) is 0 Å². The number of morpholine rings is 1. The summed E-state index contributed by atoms with van der Waals surface area (Å²) in [7, 11) is 0. The SMILES string of the molecule is CCOC(=O)C(=CN1CCOCC1)C(=O)OCC. The van der Waals surface area contributed by atoms with Crippen molar-refractivity contribution in [2.24, 2.45) is 0 Å². The fourth-order valence-corrected chi connectivity index (χ4v) is 1.50. The molecular formula is C12H19NO5. The lowest BCUT2D eigenvalue weighted by molar-refractivity contribution is -0.146. The maximum atomic E-state index is 11.7. The minimum atomic E-state index is -0.651. The van der Waals surface area contributed by atoms with Gasteiger partial charge in [-0.05, 0) is 13.8 Å². The first-order valence-electron chi connectivity index (χ1n) is 6.06. The quantitative estimate of drug-likeness (QED) is 0.306. The highest BCUT2D eigenvalue weighted by atomic mass is 16.6. The van der Waals surface area contributed by atoms with E-state index in [0.717, 1.165) is 0 Å². The summed E-state index contributed by atoms with van der Waals surface area (Å²) in [5.74, 6) is -1.30. The minimum absolute atomic E-state index is 0.0689. The van der Waals surface area contributed by atoms with Crippen molar-refractivity contribution in [3.05, 3.63) is 11.8 Å². The number of carbonyl (C=O) groups is 2. The number of rotatable bonds is 5. The van der Waals surface area contributed by atoms with Gasteiger partial charge in [0.25, 0.3) is 0 Å². The van der Waals surface area contributed by atoms with Crippen LogP contribution in [0, 0.1) is 0 Å².